The number of hydrogen-bond acceptors (Lipinski definition) is 2. The molecule has 1 fully saturated rings. The number of ether oxygens (including phenoxy) is 1. The highest BCUT2D eigenvalue weighted by molar-refractivity contribution is 5.44. The fourth-order valence-corrected chi connectivity index (χ4v) is 4.39. The summed E-state index contributed by atoms with van der Waals surface area (Å²) in [5, 5.41) is 0. The summed E-state index contributed by atoms with van der Waals surface area (Å²) < 4.78 is 5.27. The summed E-state index contributed by atoms with van der Waals surface area (Å²) in [7, 11) is 0. The van der Waals surface area contributed by atoms with Gasteiger partial charge in [-0.15, -0.1) is 0 Å². The molecule has 1 aromatic carbocycles. The maximum atomic E-state index is 10.6. The monoisotopic (exact) mass is 386 g/mol. The molecule has 0 amide bonds. The van der Waals surface area contributed by atoms with E-state index in [0.717, 1.165) is 32.1 Å². The van der Waals surface area contributed by atoms with Gasteiger partial charge in [0.25, 0.3) is 6.47 Å². The molecule has 2 rings (SSSR count). The van der Waals surface area contributed by atoms with Crippen molar-refractivity contribution >= 4 is 6.47 Å². The molecule has 158 valence electrons. The van der Waals surface area contributed by atoms with Gasteiger partial charge >= 0.3 is 0 Å². The Morgan fingerprint density at radius 2 is 1.64 bits per heavy atom. The van der Waals surface area contributed by atoms with Crippen LogP contribution in [-0.4, -0.2) is 12.1 Å². The molecule has 0 aromatic heterocycles. The van der Waals surface area contributed by atoms with Gasteiger partial charge in [0, 0.05) is 0 Å². The third-order valence-corrected chi connectivity index (χ3v) is 6.66. The fourth-order valence-electron chi connectivity index (χ4n) is 4.39. The number of hydrogen-bond donors (Lipinski definition) is 0. The lowest BCUT2D eigenvalue weighted by Crippen LogP contribution is -2.12. The number of aryl methyl sites for hydroxylation is 2. The molecule has 2 heteroatoms. The first-order valence-corrected chi connectivity index (χ1v) is 11.4. The number of rotatable bonds is 12. The smallest absolute Gasteiger partial charge is 0.293 e. The van der Waals surface area contributed by atoms with Crippen molar-refractivity contribution in [3.63, 3.8) is 0 Å². The van der Waals surface area contributed by atoms with Crippen molar-refractivity contribution in [2.45, 2.75) is 118 Å². The van der Waals surface area contributed by atoms with E-state index in [0.29, 0.717) is 11.9 Å². The fraction of sp³-hybridized carbons (Fsp3) is 0.731. The molecule has 2 nitrogen and oxygen atoms in total. The third kappa shape index (κ3) is 6.94. The molecule has 1 aliphatic rings. The van der Waals surface area contributed by atoms with Gasteiger partial charge in [0.15, 0.2) is 0 Å². The predicted octanol–water partition coefficient (Wildman–Crippen LogP) is 7.18. The van der Waals surface area contributed by atoms with Gasteiger partial charge in [-0.25, -0.2) is 0 Å². The molecular formula is C26H42O2. The Kier molecular flexibility index (Phi) is 8.16. The van der Waals surface area contributed by atoms with Crippen LogP contribution in [0.5, 0.6) is 0 Å². The first-order valence-electron chi connectivity index (χ1n) is 11.4. The van der Waals surface area contributed by atoms with E-state index in [2.05, 4.69) is 47.6 Å². The van der Waals surface area contributed by atoms with Crippen molar-refractivity contribution < 1.29 is 9.53 Å². The van der Waals surface area contributed by atoms with E-state index < -0.39 is 0 Å². The van der Waals surface area contributed by atoms with E-state index in [1.807, 2.05) is 0 Å². The molecule has 0 spiro atoms. The Balaban J connectivity index is 1.86. The molecule has 1 saturated carbocycles. The molecule has 0 aliphatic heterocycles. The van der Waals surface area contributed by atoms with Crippen LogP contribution in [0.25, 0.3) is 0 Å². The van der Waals surface area contributed by atoms with Gasteiger partial charge in [-0.05, 0) is 112 Å². The highest BCUT2D eigenvalue weighted by Gasteiger charge is 2.44. The molecule has 1 aliphatic carbocycles. The summed E-state index contributed by atoms with van der Waals surface area (Å²) in [6.07, 6.45) is 13.1. The third-order valence-electron chi connectivity index (χ3n) is 6.66. The van der Waals surface area contributed by atoms with Crippen LogP contribution < -0.4 is 0 Å². The summed E-state index contributed by atoms with van der Waals surface area (Å²) in [5.41, 5.74) is 7.92. The SMILES string of the molecule is Cc1cc(CCCCC2(OC=O)CC2)c(C)c(CCCCCC(C)(C)C)c1C. The van der Waals surface area contributed by atoms with Crippen molar-refractivity contribution in [3.8, 4) is 0 Å². The minimum absolute atomic E-state index is 0.0990. The molecule has 0 radical (unpaired) electrons. The van der Waals surface area contributed by atoms with Crippen LogP contribution in [-0.2, 0) is 22.4 Å². The Morgan fingerprint density at radius 3 is 2.25 bits per heavy atom. The van der Waals surface area contributed by atoms with Gasteiger partial charge in [0.2, 0.25) is 0 Å². The number of unbranched alkanes of at least 4 members (excludes halogenated alkanes) is 3. The Labute approximate surface area is 173 Å². The number of benzene rings is 1. The summed E-state index contributed by atoms with van der Waals surface area (Å²) in [4.78, 5) is 10.6. The number of carbonyl (C=O) groups excluding carboxylic acids is 1. The maximum Gasteiger partial charge on any atom is 0.293 e. The number of carbonyl (C=O) groups is 1. The van der Waals surface area contributed by atoms with Gasteiger partial charge in [-0.2, -0.15) is 0 Å². The average Bonchev–Trinajstić information content (AvgIpc) is 3.37. The highest BCUT2D eigenvalue weighted by Crippen LogP contribution is 2.43. The second-order valence-electron chi connectivity index (χ2n) is 10.3. The van der Waals surface area contributed by atoms with Crippen molar-refractivity contribution in [1.29, 1.82) is 0 Å². The molecular weight excluding hydrogens is 344 g/mol. The molecule has 0 saturated heterocycles. The zero-order chi connectivity index (χ0) is 20.8. The normalized spacial score (nSPS) is 15.5. The first kappa shape index (κ1) is 23.0. The standard InChI is InChI=1S/C26H42O2/c1-20-18-23(12-9-11-15-26(16-17-26)28-19-27)22(3)24(21(20)2)13-8-7-10-14-25(4,5)6/h18-19H,7-17H2,1-6H3. The Morgan fingerprint density at radius 1 is 0.964 bits per heavy atom. The zero-order valence-corrected chi connectivity index (χ0v) is 19.2. The van der Waals surface area contributed by atoms with E-state index in [1.165, 1.54) is 60.8 Å². The van der Waals surface area contributed by atoms with Gasteiger partial charge in [-0.3, -0.25) is 4.79 Å². The van der Waals surface area contributed by atoms with Crippen LogP contribution in [0.3, 0.4) is 0 Å². The molecule has 0 N–H and O–H groups in total. The molecule has 1 aromatic rings. The van der Waals surface area contributed by atoms with Crippen molar-refractivity contribution in [1.82, 2.24) is 0 Å². The summed E-state index contributed by atoms with van der Waals surface area (Å²) in [6.45, 7) is 14.5. The Bertz CT molecular complexity index is 647. The average molecular weight is 387 g/mol. The van der Waals surface area contributed by atoms with Gasteiger partial charge < -0.3 is 4.74 Å². The van der Waals surface area contributed by atoms with Crippen molar-refractivity contribution in [3.05, 3.63) is 33.9 Å². The van der Waals surface area contributed by atoms with E-state index >= 15 is 0 Å². The molecule has 0 heterocycles. The topological polar surface area (TPSA) is 26.3 Å². The summed E-state index contributed by atoms with van der Waals surface area (Å²) >= 11 is 0. The lowest BCUT2D eigenvalue weighted by Gasteiger charge is -2.19. The van der Waals surface area contributed by atoms with E-state index in [9.17, 15) is 4.79 Å². The van der Waals surface area contributed by atoms with Crippen LogP contribution in [0.15, 0.2) is 6.07 Å². The largest absolute Gasteiger partial charge is 0.461 e. The zero-order valence-electron chi connectivity index (χ0n) is 19.2. The lowest BCUT2D eigenvalue weighted by atomic mass is 9.87. The first-order chi connectivity index (χ1) is 13.2. The van der Waals surface area contributed by atoms with Crippen LogP contribution >= 0.6 is 0 Å². The Hall–Kier alpha value is -1.31. The summed E-state index contributed by atoms with van der Waals surface area (Å²) in [6, 6.07) is 2.41. The van der Waals surface area contributed by atoms with Crippen molar-refractivity contribution in [2.24, 2.45) is 5.41 Å². The quantitative estimate of drug-likeness (QED) is 0.281. The molecule has 0 unspecified atom stereocenters. The van der Waals surface area contributed by atoms with E-state index in [-0.39, 0.29) is 5.60 Å². The lowest BCUT2D eigenvalue weighted by molar-refractivity contribution is -0.135. The minimum Gasteiger partial charge on any atom is -0.461 e. The highest BCUT2D eigenvalue weighted by atomic mass is 16.5. The second-order valence-corrected chi connectivity index (χ2v) is 10.3. The predicted molar refractivity (Wildman–Crippen MR) is 119 cm³/mol. The molecule has 0 bridgehead atoms. The van der Waals surface area contributed by atoms with Gasteiger partial charge in [-0.1, -0.05) is 39.7 Å². The van der Waals surface area contributed by atoms with Gasteiger partial charge in [0.05, 0.1) is 0 Å². The van der Waals surface area contributed by atoms with Gasteiger partial charge in [0.1, 0.15) is 5.60 Å². The van der Waals surface area contributed by atoms with Crippen LogP contribution in [0.4, 0.5) is 0 Å². The van der Waals surface area contributed by atoms with Crippen LogP contribution in [0.2, 0.25) is 0 Å². The minimum atomic E-state index is -0.0990. The second kappa shape index (κ2) is 9.94. The maximum absolute atomic E-state index is 10.6. The van der Waals surface area contributed by atoms with E-state index in [1.54, 1.807) is 5.56 Å². The van der Waals surface area contributed by atoms with Crippen LogP contribution in [0.1, 0.15) is 106 Å². The van der Waals surface area contributed by atoms with Crippen molar-refractivity contribution in [2.75, 3.05) is 0 Å². The summed E-state index contributed by atoms with van der Waals surface area (Å²) in [5.74, 6) is 0. The van der Waals surface area contributed by atoms with Crippen LogP contribution in [0, 0.1) is 26.2 Å². The molecule has 0 atom stereocenters. The molecule has 28 heavy (non-hydrogen) atoms. The van der Waals surface area contributed by atoms with E-state index in [4.69, 9.17) is 4.74 Å².